The Labute approximate surface area is 126 Å². The minimum absolute atomic E-state index is 0.00795. The van der Waals surface area contributed by atoms with E-state index in [1.54, 1.807) is 13.2 Å². The summed E-state index contributed by atoms with van der Waals surface area (Å²) in [5.41, 5.74) is 0.898. The maximum Gasteiger partial charge on any atom is 0.239 e. The van der Waals surface area contributed by atoms with Crippen LogP contribution in [0.1, 0.15) is 6.92 Å². The number of anilines is 1. The predicted molar refractivity (Wildman–Crippen MR) is 82.1 cm³/mol. The zero-order chi connectivity index (χ0) is 13.5. The second-order valence-corrected chi connectivity index (χ2v) is 5.50. The van der Waals surface area contributed by atoms with Gasteiger partial charge in [-0.2, -0.15) is 0 Å². The van der Waals surface area contributed by atoms with Crippen molar-refractivity contribution in [2.24, 2.45) is 0 Å². The lowest BCUT2D eigenvalue weighted by atomic mass is 10.3. The van der Waals surface area contributed by atoms with Crippen molar-refractivity contribution in [2.45, 2.75) is 13.0 Å². The van der Waals surface area contributed by atoms with Crippen LogP contribution in [-0.4, -0.2) is 32.2 Å². The van der Waals surface area contributed by atoms with Gasteiger partial charge in [0.15, 0.2) is 0 Å². The summed E-state index contributed by atoms with van der Waals surface area (Å²) in [5.74, 6) is -0.0645. The Kier molecular flexibility index (Phi) is 6.73. The van der Waals surface area contributed by atoms with E-state index in [0.717, 1.165) is 9.26 Å². The molecule has 1 amide bonds. The number of methoxy groups -OCH3 is 1. The SMILES string of the molecule is COCC(C)NC(=O)CNc1ccc(Cl)cc1I. The van der Waals surface area contributed by atoms with Crippen LogP contribution < -0.4 is 10.6 Å². The highest BCUT2D eigenvalue weighted by atomic mass is 127. The fourth-order valence-corrected chi connectivity index (χ4v) is 2.49. The molecule has 0 aromatic heterocycles. The number of halogens is 2. The van der Waals surface area contributed by atoms with Crippen LogP contribution in [0.4, 0.5) is 5.69 Å². The summed E-state index contributed by atoms with van der Waals surface area (Å²) in [6.45, 7) is 2.63. The van der Waals surface area contributed by atoms with Crippen molar-refractivity contribution >= 4 is 45.8 Å². The van der Waals surface area contributed by atoms with Crippen molar-refractivity contribution in [3.05, 3.63) is 26.8 Å². The molecule has 6 heteroatoms. The third-order valence-corrected chi connectivity index (χ3v) is 3.32. The van der Waals surface area contributed by atoms with E-state index >= 15 is 0 Å². The van der Waals surface area contributed by atoms with E-state index in [2.05, 4.69) is 33.2 Å². The van der Waals surface area contributed by atoms with Gasteiger partial charge in [-0.25, -0.2) is 0 Å². The molecule has 0 saturated heterocycles. The average molecular weight is 383 g/mol. The Morgan fingerprint density at radius 1 is 1.56 bits per heavy atom. The molecule has 1 aromatic rings. The summed E-state index contributed by atoms with van der Waals surface area (Å²) in [7, 11) is 1.61. The molecule has 0 aliphatic rings. The number of ether oxygens (including phenoxy) is 1. The standard InChI is InChI=1S/C12H16ClIN2O2/c1-8(7-18-2)16-12(17)6-15-11-4-3-9(13)5-10(11)14/h3-5,8,15H,6-7H2,1-2H3,(H,16,17). The van der Waals surface area contributed by atoms with Crippen LogP contribution in [0.2, 0.25) is 5.02 Å². The second kappa shape index (κ2) is 7.81. The van der Waals surface area contributed by atoms with Crippen LogP contribution in [0.25, 0.3) is 0 Å². The van der Waals surface area contributed by atoms with Crippen LogP contribution in [0, 0.1) is 3.57 Å². The molecule has 0 spiro atoms. The van der Waals surface area contributed by atoms with Gasteiger partial charge in [-0.3, -0.25) is 4.79 Å². The lowest BCUT2D eigenvalue weighted by molar-refractivity contribution is -0.120. The highest BCUT2D eigenvalue weighted by Gasteiger charge is 2.07. The molecule has 0 aliphatic heterocycles. The molecule has 0 fully saturated rings. The number of hydrogen-bond donors (Lipinski definition) is 2. The molecule has 0 heterocycles. The number of carbonyl (C=O) groups is 1. The molecule has 18 heavy (non-hydrogen) atoms. The first-order valence-corrected chi connectivity index (χ1v) is 6.96. The topological polar surface area (TPSA) is 50.4 Å². The molecule has 1 atom stereocenters. The smallest absolute Gasteiger partial charge is 0.239 e. The van der Waals surface area contributed by atoms with Gasteiger partial charge in [-0.05, 0) is 47.7 Å². The lowest BCUT2D eigenvalue weighted by Crippen LogP contribution is -2.39. The summed E-state index contributed by atoms with van der Waals surface area (Å²) < 4.78 is 5.93. The number of hydrogen-bond acceptors (Lipinski definition) is 3. The van der Waals surface area contributed by atoms with Gasteiger partial charge >= 0.3 is 0 Å². The molecule has 1 rings (SSSR count). The monoisotopic (exact) mass is 382 g/mol. The molecule has 0 bridgehead atoms. The van der Waals surface area contributed by atoms with E-state index in [-0.39, 0.29) is 18.5 Å². The molecule has 1 unspecified atom stereocenters. The molecular weight excluding hydrogens is 367 g/mol. The summed E-state index contributed by atoms with van der Waals surface area (Å²) in [6.07, 6.45) is 0. The van der Waals surface area contributed by atoms with Gasteiger partial charge in [0, 0.05) is 27.4 Å². The molecule has 100 valence electrons. The van der Waals surface area contributed by atoms with Gasteiger partial charge < -0.3 is 15.4 Å². The molecular formula is C12H16ClIN2O2. The molecule has 0 aliphatic carbocycles. The van der Waals surface area contributed by atoms with Crippen molar-refractivity contribution in [2.75, 3.05) is 25.6 Å². The number of amides is 1. The number of rotatable bonds is 6. The maximum absolute atomic E-state index is 11.6. The van der Waals surface area contributed by atoms with E-state index in [4.69, 9.17) is 16.3 Å². The quantitative estimate of drug-likeness (QED) is 0.743. The van der Waals surface area contributed by atoms with Gasteiger partial charge in [0.1, 0.15) is 0 Å². The Hall–Kier alpha value is -0.530. The van der Waals surface area contributed by atoms with Crippen molar-refractivity contribution in [3.63, 3.8) is 0 Å². The van der Waals surface area contributed by atoms with Crippen molar-refractivity contribution in [1.82, 2.24) is 5.32 Å². The second-order valence-electron chi connectivity index (χ2n) is 3.90. The van der Waals surface area contributed by atoms with E-state index < -0.39 is 0 Å². The van der Waals surface area contributed by atoms with Crippen LogP contribution >= 0.6 is 34.2 Å². The minimum atomic E-state index is -0.0645. The highest BCUT2D eigenvalue weighted by Crippen LogP contribution is 2.21. The summed E-state index contributed by atoms with van der Waals surface area (Å²) >= 11 is 8.03. The van der Waals surface area contributed by atoms with Crippen LogP contribution in [0.5, 0.6) is 0 Å². The fourth-order valence-electron chi connectivity index (χ4n) is 1.43. The first-order valence-electron chi connectivity index (χ1n) is 5.50. The van der Waals surface area contributed by atoms with Crippen molar-refractivity contribution in [1.29, 1.82) is 0 Å². The third kappa shape index (κ3) is 5.41. The molecule has 0 saturated carbocycles. The molecule has 1 aromatic carbocycles. The molecule has 4 nitrogen and oxygen atoms in total. The van der Waals surface area contributed by atoms with Gasteiger partial charge in [-0.1, -0.05) is 11.6 Å². The molecule has 2 N–H and O–H groups in total. The lowest BCUT2D eigenvalue weighted by Gasteiger charge is -2.14. The number of nitrogens with one attached hydrogen (secondary N) is 2. The Morgan fingerprint density at radius 2 is 2.28 bits per heavy atom. The summed E-state index contributed by atoms with van der Waals surface area (Å²) in [4.78, 5) is 11.6. The Morgan fingerprint density at radius 3 is 2.89 bits per heavy atom. The van der Waals surface area contributed by atoms with E-state index in [9.17, 15) is 4.79 Å². The largest absolute Gasteiger partial charge is 0.383 e. The van der Waals surface area contributed by atoms with Crippen molar-refractivity contribution < 1.29 is 9.53 Å². The maximum atomic E-state index is 11.6. The Bertz CT molecular complexity index is 415. The predicted octanol–water partition coefficient (Wildman–Crippen LogP) is 2.51. The van der Waals surface area contributed by atoms with E-state index in [1.807, 2.05) is 19.1 Å². The third-order valence-electron chi connectivity index (χ3n) is 2.19. The first kappa shape index (κ1) is 15.5. The highest BCUT2D eigenvalue weighted by molar-refractivity contribution is 14.1. The number of benzene rings is 1. The van der Waals surface area contributed by atoms with Gasteiger partial charge in [0.25, 0.3) is 0 Å². The Balaban J connectivity index is 2.42. The van der Waals surface area contributed by atoms with Crippen LogP contribution in [0.15, 0.2) is 18.2 Å². The zero-order valence-corrected chi connectivity index (χ0v) is 13.2. The summed E-state index contributed by atoms with van der Waals surface area (Å²) in [5, 5.41) is 6.58. The zero-order valence-electron chi connectivity index (χ0n) is 10.3. The molecule has 0 radical (unpaired) electrons. The normalized spacial score (nSPS) is 12.0. The van der Waals surface area contributed by atoms with Gasteiger partial charge in [-0.15, -0.1) is 0 Å². The van der Waals surface area contributed by atoms with Crippen molar-refractivity contribution in [3.8, 4) is 0 Å². The fraction of sp³-hybridized carbons (Fsp3) is 0.417. The van der Waals surface area contributed by atoms with Crippen LogP contribution in [-0.2, 0) is 9.53 Å². The summed E-state index contributed by atoms with van der Waals surface area (Å²) in [6, 6.07) is 5.50. The minimum Gasteiger partial charge on any atom is -0.383 e. The van der Waals surface area contributed by atoms with E-state index in [1.165, 1.54) is 0 Å². The number of carbonyl (C=O) groups excluding carboxylic acids is 1. The average Bonchev–Trinajstić information content (AvgIpc) is 2.28. The van der Waals surface area contributed by atoms with E-state index in [0.29, 0.717) is 11.6 Å². The van der Waals surface area contributed by atoms with Gasteiger partial charge in [0.05, 0.1) is 13.2 Å². The van der Waals surface area contributed by atoms with Gasteiger partial charge in [0.2, 0.25) is 5.91 Å². The van der Waals surface area contributed by atoms with Crippen LogP contribution in [0.3, 0.4) is 0 Å². The first-order chi connectivity index (χ1) is 8.52.